The molecule has 1 aromatic carbocycles. The van der Waals surface area contributed by atoms with Crippen LogP contribution in [0.4, 0.5) is 13.2 Å². The van der Waals surface area contributed by atoms with E-state index in [0.717, 1.165) is 16.1 Å². The summed E-state index contributed by atoms with van der Waals surface area (Å²) in [6.45, 7) is 3.95. The number of hydrogen-bond donors (Lipinski definition) is 1. The molecule has 0 aromatic heterocycles. The number of hydrogen-bond acceptors (Lipinski definition) is 2. The number of benzene rings is 1. The van der Waals surface area contributed by atoms with Crippen molar-refractivity contribution in [1.29, 1.82) is 0 Å². The van der Waals surface area contributed by atoms with Gasteiger partial charge in [-0.05, 0) is 29.9 Å². The lowest BCUT2D eigenvalue weighted by molar-refractivity contribution is -0.215. The molecule has 1 fully saturated rings. The van der Waals surface area contributed by atoms with Crippen molar-refractivity contribution in [2.75, 3.05) is 6.54 Å². The average Bonchev–Trinajstić information content (AvgIpc) is 2.90. The molecular formula is C19H23F3N2O. The molecule has 1 N–H and O–H groups in total. The number of carbonyl (C=O) groups excluding carboxylic acids is 1. The summed E-state index contributed by atoms with van der Waals surface area (Å²) in [7, 11) is 0. The number of rotatable bonds is 4. The summed E-state index contributed by atoms with van der Waals surface area (Å²) in [5, 5.41) is 1.10. The highest BCUT2D eigenvalue weighted by atomic mass is 19.4. The van der Waals surface area contributed by atoms with Crippen LogP contribution in [0.15, 0.2) is 30.3 Å². The van der Waals surface area contributed by atoms with Gasteiger partial charge in [0.2, 0.25) is 5.91 Å². The van der Waals surface area contributed by atoms with Crippen molar-refractivity contribution in [3.63, 3.8) is 0 Å². The Labute approximate surface area is 145 Å². The van der Waals surface area contributed by atoms with E-state index in [-0.39, 0.29) is 24.8 Å². The fraction of sp³-hybridized carbons (Fsp3) is 0.526. The maximum absolute atomic E-state index is 14.1. The minimum Gasteiger partial charge on any atom is -0.288 e. The fourth-order valence-electron chi connectivity index (χ4n) is 4.23. The average molecular weight is 352 g/mol. The van der Waals surface area contributed by atoms with E-state index in [1.54, 1.807) is 12.2 Å². The van der Waals surface area contributed by atoms with Gasteiger partial charge >= 0.3 is 6.18 Å². The normalized spacial score (nSPS) is 25.1. The van der Waals surface area contributed by atoms with E-state index in [2.05, 4.69) is 5.43 Å². The molecule has 1 aliphatic heterocycles. The Morgan fingerprint density at radius 1 is 1.28 bits per heavy atom. The van der Waals surface area contributed by atoms with Gasteiger partial charge in [-0.3, -0.25) is 10.2 Å². The van der Waals surface area contributed by atoms with Crippen molar-refractivity contribution in [3.8, 4) is 0 Å². The first-order chi connectivity index (χ1) is 11.7. The molecule has 136 valence electrons. The van der Waals surface area contributed by atoms with E-state index in [1.165, 1.54) is 0 Å². The topological polar surface area (TPSA) is 32.3 Å². The van der Waals surface area contributed by atoms with Crippen molar-refractivity contribution in [3.05, 3.63) is 41.5 Å². The second-order valence-corrected chi connectivity index (χ2v) is 7.46. The number of carbonyl (C=O) groups is 1. The molecule has 3 nitrogen and oxygen atoms in total. The first-order valence-corrected chi connectivity index (χ1v) is 8.61. The van der Waals surface area contributed by atoms with Gasteiger partial charge in [0.25, 0.3) is 0 Å². The van der Waals surface area contributed by atoms with Crippen LogP contribution in [-0.2, 0) is 11.2 Å². The highest BCUT2D eigenvalue weighted by molar-refractivity contribution is 5.77. The summed E-state index contributed by atoms with van der Waals surface area (Å²) in [5.41, 5.74) is 3.21. The molecule has 25 heavy (non-hydrogen) atoms. The molecule has 3 rings (SSSR count). The third-order valence-corrected chi connectivity index (χ3v) is 4.97. The number of halogens is 3. The SMILES string of the molecule is CC(C)CC1(C(N2CCC(=O)N2)C(F)(F)F)C=Cc2ccccc2C1. The third-order valence-electron chi connectivity index (χ3n) is 4.97. The summed E-state index contributed by atoms with van der Waals surface area (Å²) in [6.07, 6.45) is -0.105. The molecule has 1 saturated heterocycles. The predicted octanol–water partition coefficient (Wildman–Crippen LogP) is 3.96. The maximum Gasteiger partial charge on any atom is 0.406 e. The van der Waals surface area contributed by atoms with Crippen molar-refractivity contribution in [2.24, 2.45) is 11.3 Å². The van der Waals surface area contributed by atoms with E-state index < -0.39 is 17.6 Å². The molecule has 2 aliphatic rings. The summed E-state index contributed by atoms with van der Waals surface area (Å²) < 4.78 is 42.4. The molecule has 0 bridgehead atoms. The number of alkyl halides is 3. The number of hydrazine groups is 1. The molecule has 2 atom stereocenters. The van der Waals surface area contributed by atoms with Crippen LogP contribution < -0.4 is 5.43 Å². The molecule has 1 amide bonds. The minimum absolute atomic E-state index is 0.0817. The van der Waals surface area contributed by atoms with Crippen molar-refractivity contribution >= 4 is 12.0 Å². The Hall–Kier alpha value is -1.82. The fourth-order valence-corrected chi connectivity index (χ4v) is 4.23. The van der Waals surface area contributed by atoms with Gasteiger partial charge in [0.15, 0.2) is 0 Å². The van der Waals surface area contributed by atoms with Gasteiger partial charge in [-0.15, -0.1) is 0 Å². The van der Waals surface area contributed by atoms with Crippen molar-refractivity contribution in [2.45, 2.75) is 45.3 Å². The standard InChI is InChI=1S/C19H23F3N2O/c1-13(2)11-18(9-7-14-5-3-4-6-15(14)12-18)17(19(20,21)22)24-10-8-16(25)23-24/h3-7,9,13,17H,8,10-12H2,1-2H3,(H,23,25). The Morgan fingerprint density at radius 2 is 2.00 bits per heavy atom. The lowest BCUT2D eigenvalue weighted by atomic mass is 9.66. The van der Waals surface area contributed by atoms with Gasteiger partial charge in [-0.25, -0.2) is 5.01 Å². The Balaban J connectivity index is 2.06. The molecule has 0 radical (unpaired) electrons. The quantitative estimate of drug-likeness (QED) is 0.890. The van der Waals surface area contributed by atoms with Gasteiger partial charge in [-0.1, -0.05) is 50.3 Å². The van der Waals surface area contributed by atoms with E-state index >= 15 is 0 Å². The summed E-state index contributed by atoms with van der Waals surface area (Å²) in [5.74, 6) is -0.257. The minimum atomic E-state index is -4.44. The highest BCUT2D eigenvalue weighted by Crippen LogP contribution is 2.48. The second-order valence-electron chi connectivity index (χ2n) is 7.46. The van der Waals surface area contributed by atoms with Crippen LogP contribution in [0.3, 0.4) is 0 Å². The van der Waals surface area contributed by atoms with Gasteiger partial charge in [0, 0.05) is 18.4 Å². The maximum atomic E-state index is 14.1. The Bertz CT molecular complexity index is 683. The van der Waals surface area contributed by atoms with Crippen LogP contribution in [0.5, 0.6) is 0 Å². The van der Waals surface area contributed by atoms with Gasteiger partial charge in [-0.2, -0.15) is 13.2 Å². The lowest BCUT2D eigenvalue weighted by Gasteiger charge is -2.46. The molecule has 6 heteroatoms. The van der Waals surface area contributed by atoms with Crippen LogP contribution >= 0.6 is 0 Å². The smallest absolute Gasteiger partial charge is 0.288 e. The molecular weight excluding hydrogens is 329 g/mol. The predicted molar refractivity (Wildman–Crippen MR) is 90.4 cm³/mol. The van der Waals surface area contributed by atoms with Crippen LogP contribution in [0.1, 0.15) is 37.8 Å². The zero-order chi connectivity index (χ0) is 18.2. The zero-order valence-corrected chi connectivity index (χ0v) is 14.4. The van der Waals surface area contributed by atoms with Crippen LogP contribution in [0.2, 0.25) is 0 Å². The number of fused-ring (bicyclic) bond motifs is 1. The first-order valence-electron chi connectivity index (χ1n) is 8.61. The summed E-state index contributed by atoms with van der Waals surface area (Å²) >= 11 is 0. The van der Waals surface area contributed by atoms with E-state index in [4.69, 9.17) is 0 Å². The lowest BCUT2D eigenvalue weighted by Crippen LogP contribution is -2.59. The molecule has 0 spiro atoms. The number of nitrogens with one attached hydrogen (secondary N) is 1. The Kier molecular flexibility index (Phi) is 4.66. The van der Waals surface area contributed by atoms with Crippen LogP contribution in [0, 0.1) is 11.3 Å². The van der Waals surface area contributed by atoms with Gasteiger partial charge < -0.3 is 0 Å². The third kappa shape index (κ3) is 3.59. The number of amides is 1. The molecule has 1 aromatic rings. The second kappa shape index (κ2) is 6.48. The molecule has 1 heterocycles. The molecule has 0 saturated carbocycles. The highest BCUT2D eigenvalue weighted by Gasteiger charge is 2.57. The largest absolute Gasteiger partial charge is 0.406 e. The zero-order valence-electron chi connectivity index (χ0n) is 14.4. The first kappa shape index (κ1) is 18.0. The molecule has 1 aliphatic carbocycles. The Morgan fingerprint density at radius 3 is 2.60 bits per heavy atom. The van der Waals surface area contributed by atoms with Crippen molar-refractivity contribution < 1.29 is 18.0 Å². The van der Waals surface area contributed by atoms with Gasteiger partial charge in [0.05, 0.1) is 0 Å². The van der Waals surface area contributed by atoms with Crippen LogP contribution in [-0.4, -0.2) is 29.7 Å². The van der Waals surface area contributed by atoms with Crippen molar-refractivity contribution in [1.82, 2.24) is 10.4 Å². The van der Waals surface area contributed by atoms with E-state index in [0.29, 0.717) is 12.8 Å². The number of nitrogens with zero attached hydrogens (tertiary/aromatic N) is 1. The molecule has 2 unspecified atom stereocenters. The van der Waals surface area contributed by atoms with E-state index in [9.17, 15) is 18.0 Å². The van der Waals surface area contributed by atoms with Gasteiger partial charge in [0.1, 0.15) is 6.04 Å². The summed E-state index contributed by atoms with van der Waals surface area (Å²) in [4.78, 5) is 11.6. The van der Waals surface area contributed by atoms with Crippen LogP contribution in [0.25, 0.3) is 6.08 Å². The monoisotopic (exact) mass is 352 g/mol. The summed E-state index contributed by atoms with van der Waals surface area (Å²) in [6, 6.07) is 5.83. The van der Waals surface area contributed by atoms with E-state index in [1.807, 2.05) is 38.1 Å².